The van der Waals surface area contributed by atoms with E-state index in [1.54, 1.807) is 18.2 Å². The van der Waals surface area contributed by atoms with Gasteiger partial charge in [-0.3, -0.25) is 0 Å². The van der Waals surface area contributed by atoms with Crippen molar-refractivity contribution < 1.29 is 8.42 Å². The molecule has 1 aromatic rings. The smallest absolute Gasteiger partial charge is 0.220 e. The molecule has 0 fully saturated rings. The second-order valence-electron chi connectivity index (χ2n) is 2.58. The fraction of sp³-hybridized carbons (Fsp3) is 0.111. The van der Waals surface area contributed by atoms with Gasteiger partial charge in [0.1, 0.15) is 0 Å². The van der Waals surface area contributed by atoms with Crippen molar-refractivity contribution in [3.8, 4) is 0 Å². The van der Waals surface area contributed by atoms with Gasteiger partial charge in [-0.2, -0.15) is 0 Å². The lowest BCUT2D eigenvalue weighted by molar-refractivity contribution is 0.594. The average molecular weight is 251 g/mol. The van der Waals surface area contributed by atoms with Gasteiger partial charge in [0.05, 0.1) is 4.90 Å². The molecule has 0 bridgehead atoms. The number of sulfone groups is 1. The molecule has 0 aliphatic heterocycles. The molecule has 0 heterocycles. The molecule has 0 saturated heterocycles. The molecule has 0 saturated carbocycles. The van der Waals surface area contributed by atoms with E-state index >= 15 is 0 Å². The van der Waals surface area contributed by atoms with Gasteiger partial charge in [-0.05, 0) is 18.2 Å². The zero-order valence-corrected chi connectivity index (χ0v) is 9.48. The SMILES string of the molecule is C=CC(Cl)(Cl)S(=O)(=O)c1ccccc1. The van der Waals surface area contributed by atoms with Crippen molar-refractivity contribution in [3.63, 3.8) is 0 Å². The monoisotopic (exact) mass is 250 g/mol. The summed E-state index contributed by atoms with van der Waals surface area (Å²) in [5.41, 5.74) is 0. The van der Waals surface area contributed by atoms with Crippen LogP contribution in [0, 0.1) is 0 Å². The minimum Gasteiger partial charge on any atom is -0.220 e. The maximum atomic E-state index is 11.7. The second kappa shape index (κ2) is 3.93. The second-order valence-corrected chi connectivity index (χ2v) is 6.54. The fourth-order valence-corrected chi connectivity index (χ4v) is 2.45. The maximum Gasteiger partial charge on any atom is 0.240 e. The predicted molar refractivity (Wildman–Crippen MR) is 58.3 cm³/mol. The van der Waals surface area contributed by atoms with Gasteiger partial charge in [0.2, 0.25) is 13.5 Å². The highest BCUT2D eigenvalue weighted by atomic mass is 35.5. The van der Waals surface area contributed by atoms with E-state index in [9.17, 15) is 8.42 Å². The Morgan fingerprint density at radius 3 is 2.14 bits per heavy atom. The zero-order valence-electron chi connectivity index (χ0n) is 7.15. The standard InChI is InChI=1S/C9H8Cl2O2S/c1-2-9(10,11)14(12,13)8-6-4-3-5-7-8/h2-7H,1H2. The van der Waals surface area contributed by atoms with Crippen LogP contribution in [-0.2, 0) is 9.84 Å². The van der Waals surface area contributed by atoms with Gasteiger partial charge in [0.25, 0.3) is 0 Å². The molecular weight excluding hydrogens is 243 g/mol. The summed E-state index contributed by atoms with van der Waals surface area (Å²) in [6.45, 7) is 3.28. The Bertz CT molecular complexity index is 423. The molecule has 14 heavy (non-hydrogen) atoms. The van der Waals surface area contributed by atoms with E-state index < -0.39 is 13.5 Å². The number of hydrogen-bond donors (Lipinski definition) is 0. The van der Waals surface area contributed by atoms with Crippen LogP contribution in [0.2, 0.25) is 0 Å². The minimum absolute atomic E-state index is 0.0740. The zero-order chi connectivity index (χ0) is 10.8. The Hall–Kier alpha value is -0.510. The first-order valence-corrected chi connectivity index (χ1v) is 5.97. The molecule has 0 aliphatic rings. The van der Waals surface area contributed by atoms with Crippen molar-refractivity contribution in [1.82, 2.24) is 0 Å². The Morgan fingerprint density at radius 2 is 1.71 bits per heavy atom. The predicted octanol–water partition coefficient (Wildman–Crippen LogP) is 2.78. The summed E-state index contributed by atoms with van der Waals surface area (Å²) in [5.74, 6) is 0. The van der Waals surface area contributed by atoms with Gasteiger partial charge in [-0.25, -0.2) is 8.42 Å². The largest absolute Gasteiger partial charge is 0.240 e. The Labute approximate surface area is 93.1 Å². The molecule has 0 atom stereocenters. The van der Waals surface area contributed by atoms with E-state index in [2.05, 4.69) is 6.58 Å². The summed E-state index contributed by atoms with van der Waals surface area (Å²) in [4.78, 5) is 0.0740. The molecule has 0 N–H and O–H groups in total. The van der Waals surface area contributed by atoms with Gasteiger partial charge < -0.3 is 0 Å². The van der Waals surface area contributed by atoms with Gasteiger partial charge in [0, 0.05) is 0 Å². The molecule has 0 unspecified atom stereocenters. The van der Waals surface area contributed by atoms with Crippen LogP contribution in [0.25, 0.3) is 0 Å². The molecule has 0 aliphatic carbocycles. The average Bonchev–Trinajstić information content (AvgIpc) is 2.19. The summed E-state index contributed by atoms with van der Waals surface area (Å²) < 4.78 is 21.5. The fourth-order valence-electron chi connectivity index (χ4n) is 0.866. The topological polar surface area (TPSA) is 34.1 Å². The van der Waals surface area contributed by atoms with Gasteiger partial charge in [-0.1, -0.05) is 48.0 Å². The summed E-state index contributed by atoms with van der Waals surface area (Å²) in [7, 11) is -3.78. The maximum absolute atomic E-state index is 11.7. The van der Waals surface area contributed by atoms with Crippen molar-refractivity contribution in [1.29, 1.82) is 0 Å². The highest BCUT2D eigenvalue weighted by Gasteiger charge is 2.37. The third-order valence-electron chi connectivity index (χ3n) is 1.65. The van der Waals surface area contributed by atoms with Crippen LogP contribution in [0.5, 0.6) is 0 Å². The van der Waals surface area contributed by atoms with Crippen LogP contribution in [0.4, 0.5) is 0 Å². The minimum atomic E-state index is -3.78. The number of alkyl halides is 2. The van der Waals surface area contributed by atoms with Crippen molar-refractivity contribution >= 4 is 33.0 Å². The van der Waals surface area contributed by atoms with Crippen LogP contribution in [0.15, 0.2) is 47.9 Å². The Balaban J connectivity index is 3.30. The highest BCUT2D eigenvalue weighted by molar-refractivity contribution is 7.95. The third-order valence-corrected chi connectivity index (χ3v) is 4.95. The third kappa shape index (κ3) is 1.95. The first-order chi connectivity index (χ1) is 6.42. The van der Waals surface area contributed by atoms with Crippen molar-refractivity contribution in [3.05, 3.63) is 43.0 Å². The highest BCUT2D eigenvalue weighted by Crippen LogP contribution is 2.34. The van der Waals surface area contributed by atoms with E-state index in [-0.39, 0.29) is 4.90 Å². The quantitative estimate of drug-likeness (QED) is 0.611. The van der Waals surface area contributed by atoms with Crippen LogP contribution >= 0.6 is 23.2 Å². The lowest BCUT2D eigenvalue weighted by atomic mass is 10.4. The van der Waals surface area contributed by atoms with E-state index in [4.69, 9.17) is 23.2 Å². The summed E-state index contributed by atoms with van der Waals surface area (Å²) in [5, 5.41) is 0. The number of benzene rings is 1. The van der Waals surface area contributed by atoms with Gasteiger partial charge >= 0.3 is 0 Å². The Morgan fingerprint density at radius 1 is 1.21 bits per heavy atom. The number of rotatable bonds is 3. The number of hydrogen-bond acceptors (Lipinski definition) is 2. The van der Waals surface area contributed by atoms with Crippen molar-refractivity contribution in [2.75, 3.05) is 0 Å². The van der Waals surface area contributed by atoms with E-state index in [1.807, 2.05) is 0 Å². The molecule has 76 valence electrons. The number of halogens is 2. The molecular formula is C9H8Cl2O2S. The van der Waals surface area contributed by atoms with E-state index in [0.717, 1.165) is 6.08 Å². The van der Waals surface area contributed by atoms with Crippen molar-refractivity contribution in [2.45, 2.75) is 8.56 Å². The Kier molecular flexibility index (Phi) is 3.24. The first kappa shape index (κ1) is 11.6. The first-order valence-electron chi connectivity index (χ1n) is 3.73. The van der Waals surface area contributed by atoms with E-state index in [1.165, 1.54) is 12.1 Å². The molecule has 0 aromatic heterocycles. The van der Waals surface area contributed by atoms with Crippen LogP contribution in [0.3, 0.4) is 0 Å². The molecule has 2 nitrogen and oxygen atoms in total. The lowest BCUT2D eigenvalue weighted by Gasteiger charge is -2.15. The van der Waals surface area contributed by atoms with Crippen LogP contribution in [0.1, 0.15) is 0 Å². The molecule has 5 heteroatoms. The van der Waals surface area contributed by atoms with Gasteiger partial charge in [-0.15, -0.1) is 0 Å². The summed E-state index contributed by atoms with van der Waals surface area (Å²) in [6, 6.07) is 7.76. The van der Waals surface area contributed by atoms with Gasteiger partial charge in [0.15, 0.2) is 0 Å². The van der Waals surface area contributed by atoms with Crippen molar-refractivity contribution in [2.24, 2.45) is 0 Å². The van der Waals surface area contributed by atoms with Crippen LogP contribution in [-0.4, -0.2) is 12.1 Å². The molecule has 0 amide bonds. The van der Waals surface area contributed by atoms with E-state index in [0.29, 0.717) is 0 Å². The van der Waals surface area contributed by atoms with Crippen LogP contribution < -0.4 is 0 Å². The lowest BCUT2D eigenvalue weighted by Crippen LogP contribution is -2.23. The molecule has 1 rings (SSSR count). The summed E-state index contributed by atoms with van der Waals surface area (Å²) >= 11 is 11.2. The normalized spacial score (nSPS) is 12.4. The molecule has 1 aromatic carbocycles. The summed E-state index contributed by atoms with van der Waals surface area (Å²) in [6.07, 6.45) is 0.985. The molecule has 0 radical (unpaired) electrons. The molecule has 0 spiro atoms.